The summed E-state index contributed by atoms with van der Waals surface area (Å²) < 4.78 is 6.34. The number of hydrogen-bond donors (Lipinski definition) is 0. The molecule has 1 aromatic heterocycles. The van der Waals surface area contributed by atoms with E-state index in [0.717, 1.165) is 0 Å². The first-order chi connectivity index (χ1) is 13.9. The first kappa shape index (κ1) is 20.1. The van der Waals surface area contributed by atoms with E-state index in [2.05, 4.69) is 15.2 Å². The number of rotatable bonds is 5. The molecule has 10 nitrogen and oxygen atoms in total. The normalized spacial score (nSPS) is 17.3. The lowest BCUT2D eigenvalue weighted by atomic mass is 10.0. The molecule has 1 aromatic carbocycles. The Hall–Kier alpha value is -3.69. The number of nitro groups is 1. The van der Waals surface area contributed by atoms with Crippen LogP contribution in [0.25, 0.3) is 0 Å². The van der Waals surface area contributed by atoms with Gasteiger partial charge in [0.25, 0.3) is 11.2 Å². The molecule has 3 rings (SSSR count). The van der Waals surface area contributed by atoms with Gasteiger partial charge in [0.05, 0.1) is 17.7 Å². The quantitative estimate of drug-likeness (QED) is 0.330. The molecule has 2 heterocycles. The van der Waals surface area contributed by atoms with Crippen LogP contribution in [-0.4, -0.2) is 39.0 Å². The molecule has 0 saturated carbocycles. The Bertz CT molecular complexity index is 1070. The molecule has 0 fully saturated rings. The molecule has 2 aromatic rings. The summed E-state index contributed by atoms with van der Waals surface area (Å²) in [5, 5.41) is 19.0. The molecule has 1 aliphatic heterocycles. The fourth-order valence-corrected chi connectivity index (χ4v) is 3.01. The number of carbonyl (C=O) groups is 1. The highest BCUT2D eigenvalue weighted by Crippen LogP contribution is 2.22. The zero-order chi connectivity index (χ0) is 21.0. The van der Waals surface area contributed by atoms with Crippen LogP contribution in [0.4, 0.5) is 5.69 Å². The van der Waals surface area contributed by atoms with Gasteiger partial charge < -0.3 is 4.74 Å². The maximum atomic E-state index is 12.7. The van der Waals surface area contributed by atoms with Crippen LogP contribution in [0.5, 0.6) is 0 Å². The highest BCUT2D eigenvalue weighted by molar-refractivity contribution is 5.99. The van der Waals surface area contributed by atoms with E-state index in [-0.39, 0.29) is 23.9 Å². The second-order valence-electron chi connectivity index (χ2n) is 6.42. The highest BCUT2D eigenvalue weighted by atomic mass is 16.6. The molecule has 1 unspecified atom stereocenters. The molecular formula is C19H19N5O5. The number of ether oxygens (including phenoxy) is 1. The number of aromatic nitrogens is 2. The lowest BCUT2D eigenvalue weighted by Gasteiger charge is -2.24. The van der Waals surface area contributed by atoms with E-state index in [9.17, 15) is 19.7 Å². The van der Waals surface area contributed by atoms with Gasteiger partial charge in [-0.1, -0.05) is 12.1 Å². The van der Waals surface area contributed by atoms with Crippen molar-refractivity contribution in [1.82, 2.24) is 9.55 Å². The van der Waals surface area contributed by atoms with E-state index in [0.29, 0.717) is 29.9 Å². The van der Waals surface area contributed by atoms with Crippen molar-refractivity contribution in [2.75, 3.05) is 6.61 Å². The summed E-state index contributed by atoms with van der Waals surface area (Å²) in [6, 6.07) is 5.84. The van der Waals surface area contributed by atoms with Crippen molar-refractivity contribution in [2.24, 2.45) is 10.2 Å². The molecule has 0 radical (unpaired) electrons. The van der Waals surface area contributed by atoms with Gasteiger partial charge in [-0.3, -0.25) is 19.5 Å². The third kappa shape index (κ3) is 4.26. The standard InChI is InChI=1S/C19H19N5O5/c1-3-29-19(26)15-11-20-17-16(8-7-12(2)23(17)18(15)25)22-21-10-13-5-4-6-14(9-13)24(27)28/h4-6,9-12H,3,7-8H2,1-2H3/b21-10+,22-16+. The second-order valence-corrected chi connectivity index (χ2v) is 6.42. The Labute approximate surface area is 165 Å². The van der Waals surface area contributed by atoms with Crippen LogP contribution in [0.15, 0.2) is 45.5 Å². The first-order valence-electron chi connectivity index (χ1n) is 9.05. The molecule has 10 heteroatoms. The fraction of sp³-hybridized carbons (Fsp3) is 0.316. The Morgan fingerprint density at radius 2 is 2.28 bits per heavy atom. The minimum Gasteiger partial charge on any atom is -0.462 e. The van der Waals surface area contributed by atoms with Gasteiger partial charge in [0, 0.05) is 29.9 Å². The largest absolute Gasteiger partial charge is 0.462 e. The maximum absolute atomic E-state index is 12.7. The summed E-state index contributed by atoms with van der Waals surface area (Å²) in [7, 11) is 0. The topological polar surface area (TPSA) is 129 Å². The number of nitrogens with zero attached hydrogens (tertiary/aromatic N) is 5. The molecule has 150 valence electrons. The summed E-state index contributed by atoms with van der Waals surface area (Å²) in [5.74, 6) is -0.363. The molecule has 0 N–H and O–H groups in total. The zero-order valence-electron chi connectivity index (χ0n) is 15.9. The predicted molar refractivity (Wildman–Crippen MR) is 106 cm³/mol. The van der Waals surface area contributed by atoms with Crippen LogP contribution in [0.3, 0.4) is 0 Å². The van der Waals surface area contributed by atoms with Gasteiger partial charge in [-0.2, -0.15) is 10.2 Å². The Kier molecular flexibility index (Phi) is 5.91. The number of hydrogen-bond acceptors (Lipinski definition) is 8. The first-order valence-corrected chi connectivity index (χ1v) is 9.05. The lowest BCUT2D eigenvalue weighted by Crippen LogP contribution is -2.37. The minimum atomic E-state index is -0.708. The average Bonchev–Trinajstić information content (AvgIpc) is 2.70. The van der Waals surface area contributed by atoms with Crippen LogP contribution in [0.2, 0.25) is 0 Å². The van der Waals surface area contributed by atoms with Gasteiger partial charge in [0.2, 0.25) is 0 Å². The highest BCUT2D eigenvalue weighted by Gasteiger charge is 2.27. The van der Waals surface area contributed by atoms with Crippen LogP contribution in [-0.2, 0) is 4.74 Å². The third-order valence-electron chi connectivity index (χ3n) is 4.45. The molecule has 1 aliphatic rings. The van der Waals surface area contributed by atoms with Crippen LogP contribution >= 0.6 is 0 Å². The number of non-ortho nitro benzene ring substituents is 1. The van der Waals surface area contributed by atoms with Crippen molar-refractivity contribution in [3.05, 3.63) is 67.9 Å². The van der Waals surface area contributed by atoms with Crippen molar-refractivity contribution in [1.29, 1.82) is 0 Å². The van der Waals surface area contributed by atoms with E-state index in [1.807, 2.05) is 6.92 Å². The average molecular weight is 397 g/mol. The molecule has 0 aliphatic carbocycles. The van der Waals surface area contributed by atoms with Gasteiger partial charge >= 0.3 is 5.97 Å². The number of nitro benzene ring substituents is 1. The number of esters is 1. The van der Waals surface area contributed by atoms with Crippen LogP contribution in [0.1, 0.15) is 54.5 Å². The van der Waals surface area contributed by atoms with Crippen molar-refractivity contribution < 1.29 is 14.5 Å². The van der Waals surface area contributed by atoms with Crippen molar-refractivity contribution in [3.8, 4) is 0 Å². The molecule has 0 bridgehead atoms. The van der Waals surface area contributed by atoms with E-state index < -0.39 is 16.5 Å². The van der Waals surface area contributed by atoms with Gasteiger partial charge in [0.1, 0.15) is 11.3 Å². The Morgan fingerprint density at radius 3 is 3.00 bits per heavy atom. The summed E-state index contributed by atoms with van der Waals surface area (Å²) >= 11 is 0. The van der Waals surface area contributed by atoms with E-state index >= 15 is 0 Å². The third-order valence-corrected chi connectivity index (χ3v) is 4.45. The maximum Gasteiger partial charge on any atom is 0.345 e. The number of fused-ring (bicyclic) bond motifs is 1. The van der Waals surface area contributed by atoms with Crippen molar-refractivity contribution in [2.45, 2.75) is 32.7 Å². The van der Waals surface area contributed by atoms with Gasteiger partial charge in [-0.15, -0.1) is 0 Å². The molecule has 1 atom stereocenters. The smallest absolute Gasteiger partial charge is 0.345 e. The lowest BCUT2D eigenvalue weighted by molar-refractivity contribution is -0.384. The molecular weight excluding hydrogens is 378 g/mol. The van der Waals surface area contributed by atoms with Crippen LogP contribution < -0.4 is 5.56 Å². The van der Waals surface area contributed by atoms with Crippen LogP contribution in [0, 0.1) is 10.1 Å². The Morgan fingerprint density at radius 1 is 1.48 bits per heavy atom. The summed E-state index contributed by atoms with van der Waals surface area (Å²) in [5.41, 5.74) is 0.381. The van der Waals surface area contributed by atoms with Crippen molar-refractivity contribution >= 4 is 23.6 Å². The van der Waals surface area contributed by atoms with Gasteiger partial charge in [0.15, 0.2) is 5.82 Å². The van der Waals surface area contributed by atoms with E-state index in [1.54, 1.807) is 19.1 Å². The number of benzene rings is 1. The second kappa shape index (κ2) is 8.55. The summed E-state index contributed by atoms with van der Waals surface area (Å²) in [4.78, 5) is 39.3. The minimum absolute atomic E-state index is 0.0434. The van der Waals surface area contributed by atoms with E-state index in [4.69, 9.17) is 4.74 Å². The van der Waals surface area contributed by atoms with Gasteiger partial charge in [-0.05, 0) is 26.7 Å². The SMILES string of the molecule is CCOC(=O)c1cnc2n(c1=O)C(C)CC/C2=N\N=C\c1cccc([N+](=O)[O-])c1. The molecule has 29 heavy (non-hydrogen) atoms. The van der Waals surface area contributed by atoms with Crippen molar-refractivity contribution in [3.63, 3.8) is 0 Å². The van der Waals surface area contributed by atoms with Gasteiger partial charge in [-0.25, -0.2) is 9.78 Å². The molecule has 0 amide bonds. The summed E-state index contributed by atoms with van der Waals surface area (Å²) in [6.07, 6.45) is 3.78. The zero-order valence-corrected chi connectivity index (χ0v) is 15.9. The molecule has 0 spiro atoms. The Balaban J connectivity index is 1.93. The van der Waals surface area contributed by atoms with E-state index in [1.165, 1.54) is 29.1 Å². The number of carbonyl (C=O) groups excluding carboxylic acids is 1. The monoisotopic (exact) mass is 397 g/mol. The predicted octanol–water partition coefficient (Wildman–Crippen LogP) is 2.51. The summed E-state index contributed by atoms with van der Waals surface area (Å²) in [6.45, 7) is 3.69. The fourth-order valence-electron chi connectivity index (χ4n) is 3.01. The molecule has 0 saturated heterocycles.